The smallest absolute Gasteiger partial charge is 0.299 e. The van der Waals surface area contributed by atoms with Gasteiger partial charge < -0.3 is 4.90 Å². The average Bonchev–Trinajstić information content (AvgIpc) is 2.66. The molecule has 0 saturated carbocycles. The summed E-state index contributed by atoms with van der Waals surface area (Å²) >= 11 is 17.8. The van der Waals surface area contributed by atoms with Crippen LogP contribution in [0.25, 0.3) is 0 Å². The molecule has 0 bridgehead atoms. The second-order valence-corrected chi connectivity index (χ2v) is 5.71. The van der Waals surface area contributed by atoms with Crippen LogP contribution in [0.1, 0.15) is 15.9 Å². The van der Waals surface area contributed by atoms with Crippen LogP contribution in [0.4, 0.5) is 5.69 Å². The topological polar surface area (TPSA) is 50.3 Å². The molecular formula is C14H7Cl3N2O2. The Hall–Kier alpha value is -1.62. The van der Waals surface area contributed by atoms with Gasteiger partial charge in [0.05, 0.1) is 22.8 Å². The van der Waals surface area contributed by atoms with E-state index < -0.39 is 11.7 Å². The van der Waals surface area contributed by atoms with Crippen molar-refractivity contribution in [2.24, 2.45) is 0 Å². The molecule has 0 atom stereocenters. The standard InChI is InChI=1S/C14H7Cl3N2O2/c15-8-1-2-9-11(3-8)19(14(21)13(9)20)6-7-5-18-12(17)4-10(7)16/h1-5H,6H2. The van der Waals surface area contributed by atoms with Gasteiger partial charge in [0.2, 0.25) is 0 Å². The van der Waals surface area contributed by atoms with Crippen LogP contribution in [0, 0.1) is 0 Å². The van der Waals surface area contributed by atoms with Crippen LogP contribution in [-0.4, -0.2) is 16.7 Å². The third kappa shape index (κ3) is 2.50. The first kappa shape index (κ1) is 14.3. The summed E-state index contributed by atoms with van der Waals surface area (Å²) in [5.74, 6) is -1.17. The van der Waals surface area contributed by atoms with E-state index >= 15 is 0 Å². The lowest BCUT2D eigenvalue weighted by Gasteiger charge is -2.17. The number of anilines is 1. The maximum atomic E-state index is 12.1. The molecular weight excluding hydrogens is 335 g/mol. The second-order valence-electron chi connectivity index (χ2n) is 4.48. The number of nitrogens with zero attached hydrogens (tertiary/aromatic N) is 2. The normalized spacial score (nSPS) is 13.8. The molecule has 3 rings (SSSR count). The van der Waals surface area contributed by atoms with Crippen molar-refractivity contribution in [2.45, 2.75) is 6.54 Å². The molecule has 0 saturated heterocycles. The van der Waals surface area contributed by atoms with Gasteiger partial charge in [0.1, 0.15) is 5.15 Å². The van der Waals surface area contributed by atoms with Crippen LogP contribution in [0.5, 0.6) is 0 Å². The van der Waals surface area contributed by atoms with Gasteiger partial charge in [-0.1, -0.05) is 34.8 Å². The highest BCUT2D eigenvalue weighted by molar-refractivity contribution is 6.52. The number of hydrogen-bond donors (Lipinski definition) is 0. The van der Waals surface area contributed by atoms with Crippen molar-refractivity contribution in [2.75, 3.05) is 4.90 Å². The van der Waals surface area contributed by atoms with Crippen LogP contribution in [0.2, 0.25) is 15.2 Å². The van der Waals surface area contributed by atoms with Gasteiger partial charge in [-0.05, 0) is 24.3 Å². The first-order valence-corrected chi connectivity index (χ1v) is 7.06. The summed E-state index contributed by atoms with van der Waals surface area (Å²) in [6.45, 7) is 0.126. The monoisotopic (exact) mass is 340 g/mol. The van der Waals surface area contributed by atoms with E-state index in [0.717, 1.165) is 0 Å². The van der Waals surface area contributed by atoms with E-state index in [1.54, 1.807) is 18.2 Å². The highest BCUT2D eigenvalue weighted by atomic mass is 35.5. The molecule has 2 aromatic rings. The minimum absolute atomic E-state index is 0.126. The van der Waals surface area contributed by atoms with Crippen LogP contribution < -0.4 is 4.90 Å². The van der Waals surface area contributed by atoms with E-state index in [-0.39, 0.29) is 11.7 Å². The number of rotatable bonds is 2. The van der Waals surface area contributed by atoms with E-state index in [2.05, 4.69) is 4.98 Å². The Morgan fingerprint density at radius 2 is 1.86 bits per heavy atom. The van der Waals surface area contributed by atoms with Crippen molar-refractivity contribution in [1.82, 2.24) is 4.98 Å². The lowest BCUT2D eigenvalue weighted by atomic mass is 10.1. The van der Waals surface area contributed by atoms with Gasteiger partial charge in [-0.15, -0.1) is 0 Å². The molecule has 1 aromatic heterocycles. The van der Waals surface area contributed by atoms with Gasteiger partial charge in [0.25, 0.3) is 11.7 Å². The van der Waals surface area contributed by atoms with Crippen molar-refractivity contribution in [1.29, 1.82) is 0 Å². The lowest BCUT2D eigenvalue weighted by molar-refractivity contribution is -0.114. The van der Waals surface area contributed by atoms with Gasteiger partial charge in [0, 0.05) is 16.8 Å². The van der Waals surface area contributed by atoms with Gasteiger partial charge in [-0.3, -0.25) is 9.59 Å². The predicted molar refractivity (Wildman–Crippen MR) is 81.2 cm³/mol. The largest absolute Gasteiger partial charge is 0.300 e. The molecule has 1 aromatic carbocycles. The summed E-state index contributed by atoms with van der Waals surface area (Å²) in [6.07, 6.45) is 1.48. The van der Waals surface area contributed by atoms with Gasteiger partial charge >= 0.3 is 0 Å². The molecule has 0 N–H and O–H groups in total. The van der Waals surface area contributed by atoms with E-state index in [1.807, 2.05) is 0 Å². The number of ketones is 1. The molecule has 21 heavy (non-hydrogen) atoms. The number of fused-ring (bicyclic) bond motifs is 1. The molecule has 2 heterocycles. The molecule has 7 heteroatoms. The van der Waals surface area contributed by atoms with E-state index in [0.29, 0.717) is 26.9 Å². The fourth-order valence-electron chi connectivity index (χ4n) is 2.15. The highest BCUT2D eigenvalue weighted by Gasteiger charge is 2.36. The number of benzene rings is 1. The first-order chi connectivity index (χ1) is 9.97. The molecule has 1 aliphatic rings. The second kappa shape index (κ2) is 5.30. The zero-order chi connectivity index (χ0) is 15.1. The zero-order valence-corrected chi connectivity index (χ0v) is 12.7. The number of pyridine rings is 1. The summed E-state index contributed by atoms with van der Waals surface area (Å²) in [4.78, 5) is 29.3. The zero-order valence-electron chi connectivity index (χ0n) is 10.4. The number of carbonyl (C=O) groups is 2. The molecule has 0 fully saturated rings. The summed E-state index contributed by atoms with van der Waals surface area (Å²) < 4.78 is 0. The number of Topliss-reactive ketones (excluding diaryl/α,β-unsaturated/α-hetero) is 1. The van der Waals surface area contributed by atoms with Gasteiger partial charge in [0.15, 0.2) is 0 Å². The lowest BCUT2D eigenvalue weighted by Crippen LogP contribution is -2.29. The van der Waals surface area contributed by atoms with Crippen molar-refractivity contribution in [3.63, 3.8) is 0 Å². The predicted octanol–water partition coefficient (Wildman–Crippen LogP) is 3.77. The first-order valence-electron chi connectivity index (χ1n) is 5.93. The highest BCUT2D eigenvalue weighted by Crippen LogP contribution is 2.33. The Labute approximate surface area is 135 Å². The fraction of sp³-hybridized carbons (Fsp3) is 0.0714. The van der Waals surface area contributed by atoms with Crippen molar-refractivity contribution in [3.05, 3.63) is 56.8 Å². The molecule has 106 valence electrons. The van der Waals surface area contributed by atoms with Crippen LogP contribution in [0.3, 0.4) is 0 Å². The molecule has 0 aliphatic carbocycles. The number of halogens is 3. The third-order valence-electron chi connectivity index (χ3n) is 3.16. The maximum absolute atomic E-state index is 12.1. The van der Waals surface area contributed by atoms with E-state index in [1.165, 1.54) is 17.2 Å². The Kier molecular flexibility index (Phi) is 3.61. The molecule has 0 radical (unpaired) electrons. The molecule has 1 amide bonds. The van der Waals surface area contributed by atoms with Gasteiger partial charge in [-0.25, -0.2) is 4.98 Å². The van der Waals surface area contributed by atoms with Crippen LogP contribution >= 0.6 is 34.8 Å². The molecule has 0 spiro atoms. The maximum Gasteiger partial charge on any atom is 0.299 e. The van der Waals surface area contributed by atoms with Crippen molar-refractivity contribution in [3.8, 4) is 0 Å². The Balaban J connectivity index is 2.02. The fourth-order valence-corrected chi connectivity index (χ4v) is 2.74. The third-order valence-corrected chi connectivity index (χ3v) is 3.95. The Bertz CT molecular complexity index is 777. The summed E-state index contributed by atoms with van der Waals surface area (Å²) in [7, 11) is 0. The van der Waals surface area contributed by atoms with Crippen LogP contribution in [0.15, 0.2) is 30.5 Å². The minimum Gasteiger partial charge on any atom is -0.300 e. The molecule has 0 unspecified atom stereocenters. The quantitative estimate of drug-likeness (QED) is 0.617. The van der Waals surface area contributed by atoms with Crippen molar-refractivity contribution < 1.29 is 9.59 Å². The summed E-state index contributed by atoms with van der Waals surface area (Å²) in [5.41, 5.74) is 1.40. The van der Waals surface area contributed by atoms with Crippen LogP contribution in [-0.2, 0) is 11.3 Å². The minimum atomic E-state index is -0.613. The number of carbonyl (C=O) groups excluding carboxylic acids is 2. The number of aromatic nitrogens is 1. The Morgan fingerprint density at radius 3 is 2.57 bits per heavy atom. The number of hydrogen-bond acceptors (Lipinski definition) is 3. The molecule has 1 aliphatic heterocycles. The summed E-state index contributed by atoms with van der Waals surface area (Å²) in [5, 5.41) is 1.09. The van der Waals surface area contributed by atoms with Gasteiger partial charge in [-0.2, -0.15) is 0 Å². The SMILES string of the molecule is O=C1C(=O)N(Cc2cnc(Cl)cc2Cl)c2cc(Cl)ccc21. The van der Waals surface area contributed by atoms with E-state index in [9.17, 15) is 9.59 Å². The van der Waals surface area contributed by atoms with Crippen molar-refractivity contribution >= 4 is 52.2 Å². The number of amides is 1. The van der Waals surface area contributed by atoms with E-state index in [4.69, 9.17) is 34.8 Å². The Morgan fingerprint density at radius 1 is 1.10 bits per heavy atom. The average molecular weight is 342 g/mol. The summed E-state index contributed by atoms with van der Waals surface area (Å²) in [6, 6.07) is 6.18. The molecule has 4 nitrogen and oxygen atoms in total.